The van der Waals surface area contributed by atoms with Crippen LogP contribution in [0, 0.1) is 17.0 Å². The molecule has 0 aliphatic rings. The SMILES string of the molecule is Cc1ccc(-c2csc(NC(=O)Cc3csc(-c4cccnc4)n3)n2)cc1[N+](=O)[O-]. The summed E-state index contributed by atoms with van der Waals surface area (Å²) in [5.41, 5.74) is 3.41. The number of benzene rings is 1. The van der Waals surface area contributed by atoms with E-state index >= 15 is 0 Å². The topological polar surface area (TPSA) is 111 Å². The molecule has 10 heteroatoms. The van der Waals surface area contributed by atoms with E-state index in [1.807, 2.05) is 17.5 Å². The van der Waals surface area contributed by atoms with Crippen molar-refractivity contribution in [1.82, 2.24) is 15.0 Å². The van der Waals surface area contributed by atoms with Gasteiger partial charge in [0, 0.05) is 45.9 Å². The zero-order valence-electron chi connectivity index (χ0n) is 15.7. The molecule has 4 rings (SSSR count). The summed E-state index contributed by atoms with van der Waals surface area (Å²) in [6.45, 7) is 1.69. The number of hydrogen-bond acceptors (Lipinski definition) is 8. The maximum atomic E-state index is 12.4. The smallest absolute Gasteiger partial charge is 0.272 e. The minimum atomic E-state index is -0.415. The van der Waals surface area contributed by atoms with Gasteiger partial charge in [0.2, 0.25) is 5.91 Å². The average molecular weight is 438 g/mol. The summed E-state index contributed by atoms with van der Waals surface area (Å²) in [4.78, 5) is 36.1. The van der Waals surface area contributed by atoms with E-state index in [2.05, 4.69) is 20.3 Å². The largest absolute Gasteiger partial charge is 0.302 e. The number of nitrogens with zero attached hydrogens (tertiary/aromatic N) is 4. The molecule has 0 unspecified atom stereocenters. The van der Waals surface area contributed by atoms with Crippen LogP contribution in [0.5, 0.6) is 0 Å². The van der Waals surface area contributed by atoms with Crippen LogP contribution in [0.25, 0.3) is 21.8 Å². The van der Waals surface area contributed by atoms with Crippen molar-refractivity contribution in [2.24, 2.45) is 0 Å². The lowest BCUT2D eigenvalue weighted by Gasteiger charge is -2.01. The van der Waals surface area contributed by atoms with Crippen molar-refractivity contribution in [2.75, 3.05) is 5.32 Å². The molecule has 0 aliphatic carbocycles. The van der Waals surface area contributed by atoms with Crippen LogP contribution in [0.15, 0.2) is 53.5 Å². The van der Waals surface area contributed by atoms with Crippen LogP contribution in [0.2, 0.25) is 0 Å². The van der Waals surface area contributed by atoms with Gasteiger partial charge in [0.15, 0.2) is 5.13 Å². The van der Waals surface area contributed by atoms with Gasteiger partial charge in [0.05, 0.1) is 22.7 Å². The Morgan fingerprint density at radius 3 is 2.80 bits per heavy atom. The standard InChI is InChI=1S/C20H15N5O3S2/c1-12-4-5-13(7-17(12)25(27)28)16-11-30-20(23-16)24-18(26)8-15-10-29-19(22-15)14-3-2-6-21-9-14/h2-7,9-11H,8H2,1H3,(H,23,24,26). The van der Waals surface area contributed by atoms with Gasteiger partial charge in [0.1, 0.15) is 5.01 Å². The van der Waals surface area contributed by atoms with E-state index in [1.165, 1.54) is 28.7 Å². The number of hydrogen-bond donors (Lipinski definition) is 1. The second kappa shape index (κ2) is 8.47. The quantitative estimate of drug-likeness (QED) is 0.345. The van der Waals surface area contributed by atoms with Gasteiger partial charge in [-0.3, -0.25) is 19.9 Å². The fraction of sp³-hybridized carbons (Fsp3) is 0.100. The highest BCUT2D eigenvalue weighted by Gasteiger charge is 2.15. The monoisotopic (exact) mass is 437 g/mol. The Kier molecular flexibility index (Phi) is 5.59. The van der Waals surface area contributed by atoms with Crippen LogP contribution in [0.1, 0.15) is 11.3 Å². The summed E-state index contributed by atoms with van der Waals surface area (Å²) >= 11 is 2.72. The fourth-order valence-corrected chi connectivity index (χ4v) is 4.31. The van der Waals surface area contributed by atoms with Gasteiger partial charge in [-0.15, -0.1) is 22.7 Å². The molecule has 1 aromatic carbocycles. The minimum absolute atomic E-state index is 0.0408. The first kappa shape index (κ1) is 19.8. The second-order valence-electron chi connectivity index (χ2n) is 6.41. The number of nitrogens with one attached hydrogen (secondary N) is 1. The maximum Gasteiger partial charge on any atom is 0.272 e. The number of carbonyl (C=O) groups is 1. The Labute approximate surface area is 179 Å². The predicted molar refractivity (Wildman–Crippen MR) is 117 cm³/mol. The van der Waals surface area contributed by atoms with Crippen molar-refractivity contribution in [3.8, 4) is 21.8 Å². The summed E-state index contributed by atoms with van der Waals surface area (Å²) in [7, 11) is 0. The third-order valence-corrected chi connectivity index (χ3v) is 5.95. The Morgan fingerprint density at radius 2 is 2.03 bits per heavy atom. The number of aryl methyl sites for hydroxylation is 1. The second-order valence-corrected chi connectivity index (χ2v) is 8.12. The number of amides is 1. The third-order valence-electron chi connectivity index (χ3n) is 4.25. The maximum absolute atomic E-state index is 12.4. The lowest BCUT2D eigenvalue weighted by molar-refractivity contribution is -0.385. The number of nitro groups is 1. The van der Waals surface area contributed by atoms with Crippen molar-refractivity contribution in [2.45, 2.75) is 13.3 Å². The van der Waals surface area contributed by atoms with E-state index < -0.39 is 4.92 Å². The van der Waals surface area contributed by atoms with Crippen molar-refractivity contribution >= 4 is 39.4 Å². The summed E-state index contributed by atoms with van der Waals surface area (Å²) < 4.78 is 0. The van der Waals surface area contributed by atoms with Gasteiger partial charge in [-0.2, -0.15) is 0 Å². The van der Waals surface area contributed by atoms with Gasteiger partial charge in [-0.1, -0.05) is 12.1 Å². The molecule has 8 nitrogen and oxygen atoms in total. The molecule has 30 heavy (non-hydrogen) atoms. The Balaban J connectivity index is 1.43. The van der Waals surface area contributed by atoms with Crippen molar-refractivity contribution in [1.29, 1.82) is 0 Å². The Bertz CT molecular complexity index is 1220. The van der Waals surface area contributed by atoms with E-state index in [9.17, 15) is 14.9 Å². The Morgan fingerprint density at radius 1 is 1.17 bits per heavy atom. The molecule has 0 bridgehead atoms. The summed E-state index contributed by atoms with van der Waals surface area (Å²) in [5, 5.41) is 18.8. The fourth-order valence-electron chi connectivity index (χ4n) is 2.77. The van der Waals surface area contributed by atoms with Crippen molar-refractivity contribution < 1.29 is 9.72 Å². The van der Waals surface area contributed by atoms with E-state index in [-0.39, 0.29) is 18.0 Å². The number of thiazole rings is 2. The lowest BCUT2D eigenvalue weighted by atomic mass is 10.1. The van der Waals surface area contributed by atoms with Crippen molar-refractivity contribution in [3.05, 3.63) is 74.9 Å². The predicted octanol–water partition coefficient (Wildman–Crippen LogP) is 4.73. The first-order chi connectivity index (χ1) is 14.5. The minimum Gasteiger partial charge on any atom is -0.302 e. The molecular formula is C20H15N5O3S2. The summed E-state index contributed by atoms with van der Waals surface area (Å²) in [5.74, 6) is -0.228. The van der Waals surface area contributed by atoms with Gasteiger partial charge < -0.3 is 5.32 Å². The summed E-state index contributed by atoms with van der Waals surface area (Å²) in [6.07, 6.45) is 3.55. The number of aromatic nitrogens is 3. The molecule has 0 spiro atoms. The molecule has 3 heterocycles. The average Bonchev–Trinajstić information content (AvgIpc) is 3.38. The zero-order valence-corrected chi connectivity index (χ0v) is 17.4. The van der Waals surface area contributed by atoms with Gasteiger partial charge in [-0.25, -0.2) is 9.97 Å². The molecule has 150 valence electrons. The molecule has 0 aliphatic heterocycles. The van der Waals surface area contributed by atoms with Crippen LogP contribution in [-0.4, -0.2) is 25.8 Å². The number of pyridine rings is 1. The van der Waals surface area contributed by atoms with Crippen LogP contribution < -0.4 is 5.32 Å². The zero-order chi connectivity index (χ0) is 21.1. The molecule has 0 atom stereocenters. The molecule has 1 amide bonds. The van der Waals surface area contributed by atoms with Crippen molar-refractivity contribution in [3.63, 3.8) is 0 Å². The van der Waals surface area contributed by atoms with Gasteiger partial charge in [0.25, 0.3) is 5.69 Å². The highest BCUT2D eigenvalue weighted by molar-refractivity contribution is 7.14. The Hall–Kier alpha value is -3.50. The molecule has 0 saturated heterocycles. The van der Waals surface area contributed by atoms with E-state index in [4.69, 9.17) is 0 Å². The number of rotatable bonds is 6. The number of nitro benzene ring substituents is 1. The van der Waals surface area contributed by atoms with Gasteiger partial charge >= 0.3 is 0 Å². The van der Waals surface area contributed by atoms with E-state index in [0.29, 0.717) is 27.6 Å². The van der Waals surface area contributed by atoms with Crippen LogP contribution in [0.4, 0.5) is 10.8 Å². The molecule has 4 aromatic rings. The van der Waals surface area contributed by atoms with E-state index in [0.717, 1.165) is 10.6 Å². The lowest BCUT2D eigenvalue weighted by Crippen LogP contribution is -2.14. The normalized spacial score (nSPS) is 10.7. The van der Waals surface area contributed by atoms with Crippen LogP contribution >= 0.6 is 22.7 Å². The highest BCUT2D eigenvalue weighted by Crippen LogP contribution is 2.29. The molecule has 0 saturated carbocycles. The molecular weight excluding hydrogens is 422 g/mol. The molecule has 0 fully saturated rings. The molecule has 1 N–H and O–H groups in total. The number of anilines is 1. The molecule has 3 aromatic heterocycles. The highest BCUT2D eigenvalue weighted by atomic mass is 32.1. The molecule has 0 radical (unpaired) electrons. The van der Waals surface area contributed by atoms with Crippen LogP contribution in [-0.2, 0) is 11.2 Å². The third kappa shape index (κ3) is 4.39. The van der Waals surface area contributed by atoms with E-state index in [1.54, 1.807) is 36.8 Å². The summed E-state index contributed by atoms with van der Waals surface area (Å²) in [6, 6.07) is 8.71. The van der Waals surface area contributed by atoms with Crippen LogP contribution in [0.3, 0.4) is 0 Å². The first-order valence-corrected chi connectivity index (χ1v) is 10.6. The first-order valence-electron chi connectivity index (χ1n) is 8.85. The number of carbonyl (C=O) groups excluding carboxylic acids is 1. The van der Waals surface area contributed by atoms with Gasteiger partial charge in [-0.05, 0) is 19.1 Å².